The number of hydrogen-bond donors (Lipinski definition) is 1. The molecule has 1 aromatic carbocycles. The van der Waals surface area contributed by atoms with Crippen LogP contribution in [0.4, 0.5) is 0 Å². The smallest absolute Gasteiger partial charge is 0.335 e. The Bertz CT molecular complexity index is 463. The van der Waals surface area contributed by atoms with E-state index in [1.165, 1.54) is 5.56 Å². The van der Waals surface area contributed by atoms with Crippen LogP contribution in [-0.4, -0.2) is 23.8 Å². The molecule has 0 aromatic heterocycles. The van der Waals surface area contributed by atoms with Crippen LogP contribution in [0, 0.1) is 0 Å². The third-order valence-electron chi connectivity index (χ3n) is 3.14. The van der Waals surface area contributed by atoms with Gasteiger partial charge in [-0.05, 0) is 36.5 Å². The van der Waals surface area contributed by atoms with Crippen LogP contribution in [-0.2, 0) is 16.0 Å². The molecule has 3 heteroatoms. The Morgan fingerprint density at radius 3 is 3.00 bits per heavy atom. The molecule has 0 spiro atoms. The summed E-state index contributed by atoms with van der Waals surface area (Å²) in [7, 11) is 0. The van der Waals surface area contributed by atoms with Gasteiger partial charge in [0.2, 0.25) is 0 Å². The standard InChI is InChI=1S/C15H18O3/c1-2-18-15(17)14(16)10-12-8-5-7-11-6-3-4-9-13(11)12/h3-4,6,8-9,14,16H,2,5,7,10H2,1H3/t14-/m1/s1. The number of aryl methyl sites for hydroxylation is 1. The summed E-state index contributed by atoms with van der Waals surface area (Å²) in [4.78, 5) is 11.4. The molecule has 1 aromatic rings. The molecule has 1 aliphatic rings. The van der Waals surface area contributed by atoms with Crippen LogP contribution < -0.4 is 0 Å². The Morgan fingerprint density at radius 2 is 2.22 bits per heavy atom. The largest absolute Gasteiger partial charge is 0.464 e. The van der Waals surface area contributed by atoms with Crippen molar-refractivity contribution in [3.05, 3.63) is 41.5 Å². The number of benzene rings is 1. The molecule has 96 valence electrons. The lowest BCUT2D eigenvalue weighted by Gasteiger charge is -2.19. The summed E-state index contributed by atoms with van der Waals surface area (Å²) in [5, 5.41) is 9.81. The quantitative estimate of drug-likeness (QED) is 0.829. The highest BCUT2D eigenvalue weighted by Crippen LogP contribution is 2.29. The number of carbonyl (C=O) groups is 1. The SMILES string of the molecule is CCOC(=O)[C@H](O)CC1=CCCc2ccccc21. The molecule has 3 nitrogen and oxygen atoms in total. The number of ether oxygens (including phenoxy) is 1. The first kappa shape index (κ1) is 12.8. The van der Waals surface area contributed by atoms with Crippen LogP contribution in [0.1, 0.15) is 30.9 Å². The van der Waals surface area contributed by atoms with Crippen molar-refractivity contribution in [1.82, 2.24) is 0 Å². The molecule has 0 amide bonds. The second-order valence-corrected chi connectivity index (χ2v) is 4.40. The minimum Gasteiger partial charge on any atom is -0.464 e. The highest BCUT2D eigenvalue weighted by atomic mass is 16.5. The van der Waals surface area contributed by atoms with E-state index in [0.29, 0.717) is 13.0 Å². The summed E-state index contributed by atoms with van der Waals surface area (Å²) < 4.78 is 4.82. The Morgan fingerprint density at radius 1 is 1.44 bits per heavy atom. The van der Waals surface area contributed by atoms with Gasteiger partial charge in [-0.2, -0.15) is 0 Å². The van der Waals surface area contributed by atoms with E-state index in [9.17, 15) is 9.90 Å². The van der Waals surface area contributed by atoms with Gasteiger partial charge in [0.05, 0.1) is 6.61 Å². The second-order valence-electron chi connectivity index (χ2n) is 4.40. The minimum absolute atomic E-state index is 0.297. The van der Waals surface area contributed by atoms with Crippen LogP contribution in [0.15, 0.2) is 30.3 Å². The number of hydrogen-bond acceptors (Lipinski definition) is 3. The first-order chi connectivity index (χ1) is 8.72. The molecule has 0 aliphatic heterocycles. The molecule has 18 heavy (non-hydrogen) atoms. The van der Waals surface area contributed by atoms with Crippen LogP contribution in [0.2, 0.25) is 0 Å². The maximum Gasteiger partial charge on any atom is 0.335 e. The van der Waals surface area contributed by atoms with E-state index in [2.05, 4.69) is 12.1 Å². The van der Waals surface area contributed by atoms with Crippen LogP contribution in [0.3, 0.4) is 0 Å². The molecule has 1 atom stereocenters. The zero-order valence-corrected chi connectivity index (χ0v) is 10.6. The van der Waals surface area contributed by atoms with Crippen LogP contribution in [0.5, 0.6) is 0 Å². The van der Waals surface area contributed by atoms with Gasteiger partial charge in [0.15, 0.2) is 6.10 Å². The summed E-state index contributed by atoms with van der Waals surface area (Å²) >= 11 is 0. The molecule has 2 rings (SSSR count). The Hall–Kier alpha value is -1.61. The van der Waals surface area contributed by atoms with Crippen molar-refractivity contribution in [2.75, 3.05) is 6.61 Å². The number of aliphatic hydroxyl groups is 1. The Kier molecular flexibility index (Phi) is 4.15. The summed E-state index contributed by atoms with van der Waals surface area (Å²) in [5.74, 6) is -0.540. The molecule has 0 unspecified atom stereocenters. The molecule has 0 fully saturated rings. The number of esters is 1. The summed E-state index contributed by atoms with van der Waals surface area (Å²) in [6.45, 7) is 2.03. The van der Waals surface area contributed by atoms with E-state index in [1.807, 2.05) is 18.2 Å². The van der Waals surface area contributed by atoms with Crippen molar-refractivity contribution in [3.63, 3.8) is 0 Å². The number of rotatable bonds is 4. The van der Waals surface area contributed by atoms with Crippen LogP contribution >= 0.6 is 0 Å². The molecule has 0 heterocycles. The third kappa shape index (κ3) is 2.79. The number of allylic oxidation sites excluding steroid dienone is 1. The fourth-order valence-electron chi connectivity index (χ4n) is 2.29. The van der Waals surface area contributed by atoms with Crippen molar-refractivity contribution >= 4 is 11.5 Å². The zero-order chi connectivity index (χ0) is 13.0. The van der Waals surface area contributed by atoms with Gasteiger partial charge >= 0.3 is 5.97 Å². The summed E-state index contributed by atoms with van der Waals surface area (Å²) in [6, 6.07) is 8.13. The van der Waals surface area contributed by atoms with Gasteiger partial charge in [0.1, 0.15) is 0 Å². The second kappa shape index (κ2) is 5.83. The first-order valence-corrected chi connectivity index (χ1v) is 6.34. The van der Waals surface area contributed by atoms with Crippen molar-refractivity contribution in [1.29, 1.82) is 0 Å². The van der Waals surface area contributed by atoms with E-state index in [0.717, 1.165) is 24.0 Å². The van der Waals surface area contributed by atoms with Crippen molar-refractivity contribution in [2.45, 2.75) is 32.3 Å². The van der Waals surface area contributed by atoms with Crippen molar-refractivity contribution in [3.8, 4) is 0 Å². The lowest BCUT2D eigenvalue weighted by Crippen LogP contribution is -2.23. The molecule has 0 bridgehead atoms. The fourth-order valence-corrected chi connectivity index (χ4v) is 2.29. The lowest BCUT2D eigenvalue weighted by atomic mass is 9.88. The molecule has 0 saturated carbocycles. The maximum atomic E-state index is 11.4. The highest BCUT2D eigenvalue weighted by molar-refractivity contribution is 5.79. The normalized spacial score (nSPS) is 15.6. The van der Waals surface area contributed by atoms with Gasteiger partial charge in [-0.25, -0.2) is 4.79 Å². The topological polar surface area (TPSA) is 46.5 Å². The maximum absolute atomic E-state index is 11.4. The monoisotopic (exact) mass is 246 g/mol. The summed E-state index contributed by atoms with van der Waals surface area (Å²) in [6.07, 6.45) is 3.35. The molecule has 0 radical (unpaired) electrons. The zero-order valence-electron chi connectivity index (χ0n) is 10.6. The number of fused-ring (bicyclic) bond motifs is 1. The van der Waals surface area contributed by atoms with Crippen molar-refractivity contribution in [2.24, 2.45) is 0 Å². The van der Waals surface area contributed by atoms with Gasteiger partial charge in [-0.15, -0.1) is 0 Å². The molecular formula is C15H18O3. The molecular weight excluding hydrogens is 228 g/mol. The van der Waals surface area contributed by atoms with Crippen LogP contribution in [0.25, 0.3) is 5.57 Å². The van der Waals surface area contributed by atoms with E-state index in [4.69, 9.17) is 4.74 Å². The first-order valence-electron chi connectivity index (χ1n) is 6.34. The molecule has 1 aliphatic carbocycles. The average molecular weight is 246 g/mol. The molecule has 1 N–H and O–H groups in total. The highest BCUT2D eigenvalue weighted by Gasteiger charge is 2.21. The summed E-state index contributed by atoms with van der Waals surface area (Å²) in [5.41, 5.74) is 3.47. The predicted molar refractivity (Wildman–Crippen MR) is 70.0 cm³/mol. The van der Waals surface area contributed by atoms with Crippen molar-refractivity contribution < 1.29 is 14.6 Å². The number of aliphatic hydroxyl groups excluding tert-OH is 1. The Labute approximate surface area is 107 Å². The van der Waals surface area contributed by atoms with E-state index in [1.54, 1.807) is 6.92 Å². The van der Waals surface area contributed by atoms with Gasteiger partial charge in [0.25, 0.3) is 0 Å². The fraction of sp³-hybridized carbons (Fsp3) is 0.400. The lowest BCUT2D eigenvalue weighted by molar-refractivity contribution is -0.152. The van der Waals surface area contributed by atoms with Gasteiger partial charge in [-0.1, -0.05) is 30.3 Å². The Balaban J connectivity index is 2.10. The van der Waals surface area contributed by atoms with Gasteiger partial charge < -0.3 is 9.84 Å². The van der Waals surface area contributed by atoms with Gasteiger partial charge in [-0.3, -0.25) is 0 Å². The third-order valence-corrected chi connectivity index (χ3v) is 3.14. The van der Waals surface area contributed by atoms with Gasteiger partial charge in [0, 0.05) is 6.42 Å². The number of carbonyl (C=O) groups excluding carboxylic acids is 1. The minimum atomic E-state index is -1.07. The average Bonchev–Trinajstić information content (AvgIpc) is 2.39. The van der Waals surface area contributed by atoms with E-state index in [-0.39, 0.29) is 0 Å². The van der Waals surface area contributed by atoms with E-state index >= 15 is 0 Å². The van der Waals surface area contributed by atoms with E-state index < -0.39 is 12.1 Å². The predicted octanol–water partition coefficient (Wildman–Crippen LogP) is 2.33. The molecule has 0 saturated heterocycles.